The van der Waals surface area contributed by atoms with Crippen LogP contribution in [-0.4, -0.2) is 21.5 Å². The Morgan fingerprint density at radius 2 is 1.94 bits per heavy atom. The van der Waals surface area contributed by atoms with E-state index in [0.29, 0.717) is 6.54 Å². The Labute approximate surface area is 107 Å². The predicted octanol–water partition coefficient (Wildman–Crippen LogP) is 2.31. The fourth-order valence-corrected chi connectivity index (χ4v) is 1.52. The van der Waals surface area contributed by atoms with Crippen LogP contribution in [0.5, 0.6) is 0 Å². The molecular formula is C13H17N5. The molecule has 0 bridgehead atoms. The lowest BCUT2D eigenvalue weighted by molar-refractivity contribution is 0.976. The number of hydrogen-bond donors (Lipinski definition) is 2. The Morgan fingerprint density at radius 1 is 1.11 bits per heavy atom. The van der Waals surface area contributed by atoms with Crippen LogP contribution in [0.25, 0.3) is 0 Å². The first-order chi connectivity index (χ1) is 8.88. The lowest BCUT2D eigenvalue weighted by Gasteiger charge is -2.08. The second-order valence-electron chi connectivity index (χ2n) is 3.94. The molecule has 2 rings (SSSR count). The SMILES string of the molecule is CCCNc1cncc(NCc2ccncn2)c1. The zero-order chi connectivity index (χ0) is 12.6. The van der Waals surface area contributed by atoms with Crippen LogP contribution in [-0.2, 0) is 6.54 Å². The summed E-state index contributed by atoms with van der Waals surface area (Å²) in [5.41, 5.74) is 2.97. The first-order valence-corrected chi connectivity index (χ1v) is 6.06. The lowest BCUT2D eigenvalue weighted by Crippen LogP contribution is -2.04. The molecule has 5 heteroatoms. The highest BCUT2D eigenvalue weighted by molar-refractivity contribution is 5.53. The predicted molar refractivity (Wildman–Crippen MR) is 72.4 cm³/mol. The van der Waals surface area contributed by atoms with Gasteiger partial charge in [0.2, 0.25) is 0 Å². The van der Waals surface area contributed by atoms with E-state index >= 15 is 0 Å². The molecular weight excluding hydrogens is 226 g/mol. The van der Waals surface area contributed by atoms with Crippen molar-refractivity contribution in [2.75, 3.05) is 17.2 Å². The second kappa shape index (κ2) is 6.54. The molecule has 0 spiro atoms. The molecule has 0 amide bonds. The van der Waals surface area contributed by atoms with Gasteiger partial charge in [0.15, 0.2) is 0 Å². The Hall–Kier alpha value is -2.17. The van der Waals surface area contributed by atoms with Crippen molar-refractivity contribution < 1.29 is 0 Å². The largest absolute Gasteiger partial charge is 0.384 e. The summed E-state index contributed by atoms with van der Waals surface area (Å²) in [7, 11) is 0. The number of rotatable bonds is 6. The van der Waals surface area contributed by atoms with Crippen molar-refractivity contribution in [3.63, 3.8) is 0 Å². The summed E-state index contributed by atoms with van der Waals surface area (Å²) in [5, 5.41) is 6.59. The van der Waals surface area contributed by atoms with Crippen LogP contribution < -0.4 is 10.6 Å². The number of nitrogens with zero attached hydrogens (tertiary/aromatic N) is 3. The van der Waals surface area contributed by atoms with E-state index in [0.717, 1.165) is 30.0 Å². The smallest absolute Gasteiger partial charge is 0.115 e. The van der Waals surface area contributed by atoms with Gasteiger partial charge in [-0.3, -0.25) is 4.98 Å². The van der Waals surface area contributed by atoms with E-state index in [9.17, 15) is 0 Å². The van der Waals surface area contributed by atoms with Gasteiger partial charge in [-0.1, -0.05) is 6.92 Å². The number of anilines is 2. The Balaban J connectivity index is 1.93. The monoisotopic (exact) mass is 243 g/mol. The average molecular weight is 243 g/mol. The summed E-state index contributed by atoms with van der Waals surface area (Å²) in [6, 6.07) is 3.93. The summed E-state index contributed by atoms with van der Waals surface area (Å²) >= 11 is 0. The van der Waals surface area contributed by atoms with Crippen LogP contribution >= 0.6 is 0 Å². The van der Waals surface area contributed by atoms with Crippen molar-refractivity contribution in [3.05, 3.63) is 42.7 Å². The third kappa shape index (κ3) is 3.69. The van der Waals surface area contributed by atoms with Gasteiger partial charge in [-0.2, -0.15) is 0 Å². The van der Waals surface area contributed by atoms with E-state index in [1.807, 2.05) is 18.3 Å². The summed E-state index contributed by atoms with van der Waals surface area (Å²) < 4.78 is 0. The van der Waals surface area contributed by atoms with Crippen molar-refractivity contribution in [1.82, 2.24) is 15.0 Å². The van der Waals surface area contributed by atoms with Gasteiger partial charge in [0.25, 0.3) is 0 Å². The molecule has 0 saturated heterocycles. The van der Waals surface area contributed by atoms with E-state index < -0.39 is 0 Å². The van der Waals surface area contributed by atoms with Crippen molar-refractivity contribution in [2.45, 2.75) is 19.9 Å². The topological polar surface area (TPSA) is 62.7 Å². The van der Waals surface area contributed by atoms with E-state index in [4.69, 9.17) is 0 Å². The van der Waals surface area contributed by atoms with Gasteiger partial charge in [0, 0.05) is 12.7 Å². The summed E-state index contributed by atoms with van der Waals surface area (Å²) in [5.74, 6) is 0. The van der Waals surface area contributed by atoms with Gasteiger partial charge in [0.1, 0.15) is 6.33 Å². The van der Waals surface area contributed by atoms with Crippen LogP contribution in [0, 0.1) is 0 Å². The molecule has 0 aromatic carbocycles. The number of aromatic nitrogens is 3. The van der Waals surface area contributed by atoms with Crippen LogP contribution in [0.15, 0.2) is 37.1 Å². The molecule has 0 aliphatic heterocycles. The van der Waals surface area contributed by atoms with Crippen LogP contribution in [0.2, 0.25) is 0 Å². The minimum Gasteiger partial charge on any atom is -0.384 e. The Bertz CT molecular complexity index is 472. The number of hydrogen-bond acceptors (Lipinski definition) is 5. The zero-order valence-corrected chi connectivity index (χ0v) is 10.4. The molecule has 0 aliphatic carbocycles. The standard InChI is InChI=1S/C13H17N5/c1-2-4-16-12-6-13(8-15-7-12)17-9-11-3-5-14-10-18-11/h3,5-8,10,16-17H,2,4,9H2,1H3. The number of nitrogens with one attached hydrogen (secondary N) is 2. The normalized spacial score (nSPS) is 10.1. The van der Waals surface area contributed by atoms with Gasteiger partial charge in [0.05, 0.1) is 36.0 Å². The summed E-state index contributed by atoms with van der Waals surface area (Å²) in [4.78, 5) is 12.2. The summed E-state index contributed by atoms with van der Waals surface area (Å²) in [6.45, 7) is 3.76. The first-order valence-electron chi connectivity index (χ1n) is 6.06. The van der Waals surface area contributed by atoms with E-state index in [-0.39, 0.29) is 0 Å². The zero-order valence-electron chi connectivity index (χ0n) is 10.4. The Morgan fingerprint density at radius 3 is 2.67 bits per heavy atom. The van der Waals surface area contributed by atoms with E-state index in [1.54, 1.807) is 18.7 Å². The molecule has 18 heavy (non-hydrogen) atoms. The molecule has 0 saturated carbocycles. The molecule has 2 aromatic rings. The molecule has 0 aliphatic rings. The van der Waals surface area contributed by atoms with Crippen molar-refractivity contribution in [1.29, 1.82) is 0 Å². The van der Waals surface area contributed by atoms with Gasteiger partial charge in [-0.25, -0.2) is 9.97 Å². The van der Waals surface area contributed by atoms with Crippen molar-refractivity contribution in [3.8, 4) is 0 Å². The van der Waals surface area contributed by atoms with E-state index in [1.165, 1.54) is 0 Å². The van der Waals surface area contributed by atoms with Gasteiger partial charge in [-0.15, -0.1) is 0 Å². The number of pyridine rings is 1. The molecule has 0 unspecified atom stereocenters. The van der Waals surface area contributed by atoms with Crippen LogP contribution in [0.4, 0.5) is 11.4 Å². The van der Waals surface area contributed by atoms with Gasteiger partial charge >= 0.3 is 0 Å². The maximum atomic E-state index is 4.19. The molecule has 2 N–H and O–H groups in total. The van der Waals surface area contributed by atoms with Crippen molar-refractivity contribution in [2.24, 2.45) is 0 Å². The highest BCUT2D eigenvalue weighted by Gasteiger charge is 1.97. The average Bonchev–Trinajstić information content (AvgIpc) is 2.44. The Kier molecular flexibility index (Phi) is 4.46. The molecule has 2 heterocycles. The third-order valence-electron chi connectivity index (χ3n) is 2.43. The maximum absolute atomic E-state index is 4.19. The molecule has 0 fully saturated rings. The lowest BCUT2D eigenvalue weighted by atomic mass is 10.3. The fourth-order valence-electron chi connectivity index (χ4n) is 1.52. The second-order valence-corrected chi connectivity index (χ2v) is 3.94. The molecule has 94 valence electrons. The van der Waals surface area contributed by atoms with Crippen LogP contribution in [0.3, 0.4) is 0 Å². The van der Waals surface area contributed by atoms with Crippen molar-refractivity contribution >= 4 is 11.4 Å². The van der Waals surface area contributed by atoms with Gasteiger partial charge < -0.3 is 10.6 Å². The molecule has 0 atom stereocenters. The highest BCUT2D eigenvalue weighted by Crippen LogP contribution is 2.13. The minimum atomic E-state index is 0.668. The van der Waals surface area contributed by atoms with E-state index in [2.05, 4.69) is 32.5 Å². The molecule has 5 nitrogen and oxygen atoms in total. The highest BCUT2D eigenvalue weighted by atomic mass is 14.9. The quantitative estimate of drug-likeness (QED) is 0.815. The third-order valence-corrected chi connectivity index (χ3v) is 2.43. The molecule has 2 aromatic heterocycles. The van der Waals surface area contributed by atoms with Crippen LogP contribution in [0.1, 0.15) is 19.0 Å². The fraction of sp³-hybridized carbons (Fsp3) is 0.308. The minimum absolute atomic E-state index is 0.668. The maximum Gasteiger partial charge on any atom is 0.115 e. The first kappa shape index (κ1) is 12.3. The van der Waals surface area contributed by atoms with Gasteiger partial charge in [-0.05, 0) is 18.6 Å². The summed E-state index contributed by atoms with van der Waals surface area (Å²) in [6.07, 6.45) is 8.01. The molecule has 0 radical (unpaired) electrons.